The van der Waals surface area contributed by atoms with Crippen LogP contribution in [0.1, 0.15) is 36.6 Å². The lowest BCUT2D eigenvalue weighted by atomic mass is 9.96. The minimum absolute atomic E-state index is 0. The Hall–Kier alpha value is -2.19. The van der Waals surface area contributed by atoms with E-state index in [1.807, 2.05) is 0 Å². The molecule has 2 saturated heterocycles. The van der Waals surface area contributed by atoms with Gasteiger partial charge in [-0.1, -0.05) is 6.07 Å². The van der Waals surface area contributed by atoms with Crippen LogP contribution < -0.4 is 10.6 Å². The van der Waals surface area contributed by atoms with Crippen LogP contribution in [-0.4, -0.2) is 23.0 Å². The Morgan fingerprint density at radius 1 is 1.14 bits per heavy atom. The number of rotatable bonds is 2. The minimum atomic E-state index is -4.59. The van der Waals surface area contributed by atoms with Gasteiger partial charge in [0.15, 0.2) is 0 Å². The molecule has 2 aliphatic rings. The van der Waals surface area contributed by atoms with Crippen LogP contribution in [0.15, 0.2) is 36.5 Å². The normalized spacial score (nSPS) is 24.3. The van der Waals surface area contributed by atoms with Gasteiger partial charge < -0.3 is 5.32 Å². The smallest absolute Gasteiger partial charge is 0.354 e. The van der Waals surface area contributed by atoms with Gasteiger partial charge >= 0.3 is 6.18 Å². The highest BCUT2D eigenvalue weighted by Gasteiger charge is 2.48. The van der Waals surface area contributed by atoms with Gasteiger partial charge in [0.05, 0.1) is 17.3 Å². The molecular weight excluding hydrogens is 398 g/mol. The molecule has 1 spiro atoms. The first kappa shape index (κ1) is 20.5. The molecule has 2 atom stereocenters. The molecule has 2 aliphatic heterocycles. The maximum Gasteiger partial charge on any atom is 0.416 e. The molecule has 3 heterocycles. The number of pyridine rings is 1. The van der Waals surface area contributed by atoms with Gasteiger partial charge in [0.2, 0.25) is 5.91 Å². The van der Waals surface area contributed by atoms with Gasteiger partial charge in [-0.25, -0.2) is 4.39 Å². The molecule has 0 radical (unpaired) electrons. The van der Waals surface area contributed by atoms with Crippen molar-refractivity contribution in [3.05, 3.63) is 53.6 Å². The third kappa shape index (κ3) is 3.58. The number of nitrogens with zero attached hydrogens (tertiary/aromatic N) is 1. The topological polar surface area (TPSA) is 54.0 Å². The zero-order chi connectivity index (χ0) is 19.2. The Bertz CT molecular complexity index is 905. The molecule has 9 heteroatoms. The fourth-order valence-corrected chi connectivity index (χ4v) is 3.87. The number of aromatic nitrogens is 1. The van der Waals surface area contributed by atoms with E-state index in [0.717, 1.165) is 12.1 Å². The Balaban J connectivity index is 0.00000225. The predicted octanol–water partition coefficient (Wildman–Crippen LogP) is 4.01. The first-order chi connectivity index (χ1) is 12.8. The van der Waals surface area contributed by atoms with Gasteiger partial charge in [-0.15, -0.1) is 12.4 Å². The third-order valence-corrected chi connectivity index (χ3v) is 5.33. The summed E-state index contributed by atoms with van der Waals surface area (Å²) in [5.41, 5.74) is -0.432. The van der Waals surface area contributed by atoms with Crippen molar-refractivity contribution in [1.29, 1.82) is 0 Å². The summed E-state index contributed by atoms with van der Waals surface area (Å²) in [5.74, 6) is -0.956. The summed E-state index contributed by atoms with van der Waals surface area (Å²) in [5, 5.41) is 6.16. The number of hydrogen-bond donors (Lipinski definition) is 2. The van der Waals surface area contributed by atoms with E-state index in [1.54, 1.807) is 12.1 Å². The predicted molar refractivity (Wildman–Crippen MR) is 97.3 cm³/mol. The monoisotopic (exact) mass is 415 g/mol. The Morgan fingerprint density at radius 2 is 1.93 bits per heavy atom. The second-order valence-corrected chi connectivity index (χ2v) is 6.99. The summed E-state index contributed by atoms with van der Waals surface area (Å²) in [6.07, 6.45) is -0.991. The van der Waals surface area contributed by atoms with Crippen molar-refractivity contribution in [3.63, 3.8) is 0 Å². The number of carbonyl (C=O) groups excluding carboxylic acids is 1. The average molecular weight is 416 g/mol. The molecular formula is C19H18ClF4N3O. The third-order valence-electron chi connectivity index (χ3n) is 5.33. The second kappa shape index (κ2) is 7.33. The van der Waals surface area contributed by atoms with Crippen LogP contribution in [0.3, 0.4) is 0 Å². The zero-order valence-corrected chi connectivity index (χ0v) is 15.5. The fraction of sp³-hybridized carbons (Fsp3) is 0.368. The Labute approximate surface area is 165 Å². The molecule has 4 rings (SSSR count). The van der Waals surface area contributed by atoms with Crippen molar-refractivity contribution in [2.24, 2.45) is 0 Å². The number of halogens is 5. The van der Waals surface area contributed by atoms with Gasteiger partial charge in [-0.05, 0) is 49.1 Å². The van der Waals surface area contributed by atoms with Crippen molar-refractivity contribution in [2.75, 3.05) is 6.54 Å². The SMILES string of the molecule is Cl.O=C1NCC[C@@]12CC[C@@H](c1cc(-c3ccc(C(F)(F)F)cc3F)ccn1)N2. The fourth-order valence-electron chi connectivity index (χ4n) is 3.87. The van der Waals surface area contributed by atoms with Crippen molar-refractivity contribution >= 4 is 18.3 Å². The lowest BCUT2D eigenvalue weighted by Crippen LogP contribution is -2.47. The van der Waals surface area contributed by atoms with Gasteiger partial charge in [-0.2, -0.15) is 13.2 Å². The van der Waals surface area contributed by atoms with Crippen molar-refractivity contribution in [1.82, 2.24) is 15.6 Å². The maximum atomic E-state index is 14.3. The maximum absolute atomic E-state index is 14.3. The van der Waals surface area contributed by atoms with Crippen molar-refractivity contribution in [3.8, 4) is 11.1 Å². The van der Waals surface area contributed by atoms with E-state index in [0.29, 0.717) is 43.1 Å². The van der Waals surface area contributed by atoms with Gasteiger partial charge in [-0.3, -0.25) is 15.1 Å². The summed E-state index contributed by atoms with van der Waals surface area (Å²) in [4.78, 5) is 16.4. The highest BCUT2D eigenvalue weighted by molar-refractivity contribution is 5.88. The lowest BCUT2D eigenvalue weighted by Gasteiger charge is -2.21. The molecule has 1 amide bonds. The number of alkyl halides is 3. The molecule has 1 aromatic heterocycles. The number of nitrogens with one attached hydrogen (secondary N) is 2. The Kier molecular flexibility index (Phi) is 5.38. The van der Waals surface area contributed by atoms with E-state index < -0.39 is 23.1 Å². The summed E-state index contributed by atoms with van der Waals surface area (Å²) >= 11 is 0. The summed E-state index contributed by atoms with van der Waals surface area (Å²) in [6, 6.07) is 5.56. The standard InChI is InChI=1S/C19H17F4N3O.ClH/c20-14-10-12(19(21,22)23)1-2-13(14)11-4-7-24-16(9-11)15-3-5-18(26-15)6-8-25-17(18)27;/h1-2,4,7,9-10,15,26H,3,5-6,8H2,(H,25,27);1H/t15-,18-;/m0./s1. The number of hydrogen-bond acceptors (Lipinski definition) is 3. The highest BCUT2D eigenvalue weighted by atomic mass is 35.5. The molecule has 0 bridgehead atoms. The molecule has 0 unspecified atom stereocenters. The number of amides is 1. The summed E-state index contributed by atoms with van der Waals surface area (Å²) in [7, 11) is 0. The average Bonchev–Trinajstić information content (AvgIpc) is 3.22. The van der Waals surface area contributed by atoms with Crippen molar-refractivity contribution < 1.29 is 22.4 Å². The number of benzene rings is 1. The van der Waals surface area contributed by atoms with Crippen LogP contribution >= 0.6 is 12.4 Å². The molecule has 2 aromatic rings. The quantitative estimate of drug-likeness (QED) is 0.729. The van der Waals surface area contributed by atoms with Crippen LogP contribution in [0, 0.1) is 5.82 Å². The largest absolute Gasteiger partial charge is 0.416 e. The molecule has 150 valence electrons. The van der Waals surface area contributed by atoms with E-state index in [1.165, 1.54) is 6.20 Å². The van der Waals surface area contributed by atoms with E-state index in [9.17, 15) is 22.4 Å². The molecule has 0 aliphatic carbocycles. The van der Waals surface area contributed by atoms with E-state index in [2.05, 4.69) is 15.6 Å². The highest BCUT2D eigenvalue weighted by Crippen LogP contribution is 2.38. The first-order valence-electron chi connectivity index (χ1n) is 8.68. The number of carbonyl (C=O) groups is 1. The van der Waals surface area contributed by atoms with E-state index in [-0.39, 0.29) is 29.9 Å². The summed E-state index contributed by atoms with van der Waals surface area (Å²) < 4.78 is 52.5. The van der Waals surface area contributed by atoms with Crippen LogP contribution in [-0.2, 0) is 11.0 Å². The van der Waals surface area contributed by atoms with Gasteiger partial charge in [0.25, 0.3) is 0 Å². The van der Waals surface area contributed by atoms with Crippen LogP contribution in [0.2, 0.25) is 0 Å². The van der Waals surface area contributed by atoms with Gasteiger partial charge in [0.1, 0.15) is 11.4 Å². The second-order valence-electron chi connectivity index (χ2n) is 6.99. The molecule has 0 saturated carbocycles. The van der Waals surface area contributed by atoms with E-state index >= 15 is 0 Å². The van der Waals surface area contributed by atoms with E-state index in [4.69, 9.17) is 0 Å². The van der Waals surface area contributed by atoms with Crippen molar-refractivity contribution in [2.45, 2.75) is 37.0 Å². The summed E-state index contributed by atoms with van der Waals surface area (Å²) in [6.45, 7) is 0.628. The van der Waals surface area contributed by atoms with Gasteiger partial charge in [0, 0.05) is 18.3 Å². The van der Waals surface area contributed by atoms with Crippen LogP contribution in [0.5, 0.6) is 0 Å². The molecule has 1 aromatic carbocycles. The molecule has 4 nitrogen and oxygen atoms in total. The first-order valence-corrected chi connectivity index (χ1v) is 8.68. The molecule has 2 N–H and O–H groups in total. The lowest BCUT2D eigenvalue weighted by molar-refractivity contribution is -0.137. The molecule has 28 heavy (non-hydrogen) atoms. The Morgan fingerprint density at radius 3 is 2.57 bits per heavy atom. The van der Waals surface area contributed by atoms with Crippen LogP contribution in [0.4, 0.5) is 17.6 Å². The minimum Gasteiger partial charge on any atom is -0.354 e. The molecule has 2 fully saturated rings. The van der Waals surface area contributed by atoms with Crippen LogP contribution in [0.25, 0.3) is 11.1 Å². The zero-order valence-electron chi connectivity index (χ0n) is 14.6.